The molecule has 0 amide bonds. The molecular formula is C5H8F3NO2. The summed E-state index contributed by atoms with van der Waals surface area (Å²) in [5.41, 5.74) is 0. The van der Waals surface area contributed by atoms with Gasteiger partial charge >= 0.3 is 12.1 Å². The molecule has 0 saturated carbocycles. The van der Waals surface area contributed by atoms with E-state index in [1.54, 1.807) is 5.32 Å². The number of alkyl halides is 3. The summed E-state index contributed by atoms with van der Waals surface area (Å²) in [5.74, 6) is -1.30. The van der Waals surface area contributed by atoms with Crippen molar-refractivity contribution in [2.45, 2.75) is 19.1 Å². The van der Waals surface area contributed by atoms with E-state index in [1.165, 1.54) is 0 Å². The molecule has 0 radical (unpaired) electrons. The van der Waals surface area contributed by atoms with Crippen LogP contribution in [0, 0.1) is 0 Å². The van der Waals surface area contributed by atoms with Crippen LogP contribution in [0.4, 0.5) is 13.2 Å². The summed E-state index contributed by atoms with van der Waals surface area (Å²) >= 11 is 0. The van der Waals surface area contributed by atoms with Crippen LogP contribution >= 0.6 is 0 Å². The van der Waals surface area contributed by atoms with Gasteiger partial charge in [0.25, 0.3) is 0 Å². The molecule has 0 aliphatic heterocycles. The van der Waals surface area contributed by atoms with Crippen molar-refractivity contribution in [1.82, 2.24) is 5.32 Å². The number of carboxylic acids is 1. The van der Waals surface area contributed by atoms with Gasteiger partial charge in [-0.3, -0.25) is 10.1 Å². The van der Waals surface area contributed by atoms with Crippen molar-refractivity contribution < 1.29 is 23.1 Å². The molecule has 0 unspecified atom stereocenters. The number of nitrogens with one attached hydrogen (secondary N) is 1. The zero-order chi connectivity index (χ0) is 9.07. The average Bonchev–Trinajstić information content (AvgIpc) is 1.80. The third-order valence-corrected chi connectivity index (χ3v) is 0.979. The maximum absolute atomic E-state index is 11.4. The first-order valence-corrected chi connectivity index (χ1v) is 2.86. The molecule has 0 spiro atoms. The first-order valence-electron chi connectivity index (χ1n) is 2.86. The third-order valence-electron chi connectivity index (χ3n) is 0.979. The van der Waals surface area contributed by atoms with Crippen LogP contribution in [0.2, 0.25) is 0 Å². The lowest BCUT2D eigenvalue weighted by Gasteiger charge is -2.10. The van der Waals surface area contributed by atoms with E-state index in [0.29, 0.717) is 0 Å². The van der Waals surface area contributed by atoms with Gasteiger partial charge in [-0.25, -0.2) is 0 Å². The molecular weight excluding hydrogens is 163 g/mol. The van der Waals surface area contributed by atoms with Gasteiger partial charge in [0.15, 0.2) is 0 Å². The molecule has 0 fully saturated rings. The quantitative estimate of drug-likeness (QED) is 0.654. The second-order valence-corrected chi connectivity index (χ2v) is 2.06. The van der Waals surface area contributed by atoms with Crippen LogP contribution in [0.3, 0.4) is 0 Å². The first-order chi connectivity index (χ1) is 4.83. The molecule has 0 aromatic heterocycles. The van der Waals surface area contributed by atoms with Crippen LogP contribution in [0.15, 0.2) is 0 Å². The Balaban J connectivity index is 3.63. The molecule has 2 N–H and O–H groups in total. The van der Waals surface area contributed by atoms with Gasteiger partial charge in [0.2, 0.25) is 0 Å². The summed E-state index contributed by atoms with van der Waals surface area (Å²) in [6.45, 7) is -0.130. The molecule has 66 valence electrons. The highest BCUT2D eigenvalue weighted by Crippen LogP contribution is 2.12. The third kappa shape index (κ3) is 5.65. The van der Waals surface area contributed by atoms with Crippen LogP contribution in [-0.2, 0) is 4.79 Å². The van der Waals surface area contributed by atoms with E-state index in [4.69, 9.17) is 5.11 Å². The Labute approximate surface area is 61.2 Å². The minimum absolute atomic E-state index is 1.15. The van der Waals surface area contributed by atoms with Gasteiger partial charge in [-0.15, -0.1) is 0 Å². The van der Waals surface area contributed by atoms with E-state index in [-0.39, 0.29) is 0 Å². The number of rotatable bonds is 3. The Bertz CT molecular complexity index is 145. The molecule has 1 atom stereocenters. The van der Waals surface area contributed by atoms with Gasteiger partial charge < -0.3 is 5.11 Å². The number of halogens is 3. The minimum atomic E-state index is -4.36. The standard InChI is InChI=1S/C5H8F3NO2/c1-3(4(10)11)9-2-5(6,7)8/h3,9H,2H2,1H3,(H,10,11)/t3-/m1/s1. The van der Waals surface area contributed by atoms with E-state index in [9.17, 15) is 18.0 Å². The van der Waals surface area contributed by atoms with Crippen molar-refractivity contribution in [1.29, 1.82) is 0 Å². The molecule has 0 aromatic rings. The molecule has 3 nitrogen and oxygen atoms in total. The predicted molar refractivity (Wildman–Crippen MR) is 31.2 cm³/mol. The minimum Gasteiger partial charge on any atom is -0.480 e. The molecule has 6 heteroatoms. The molecule has 0 rings (SSSR count). The second kappa shape index (κ2) is 3.56. The zero-order valence-corrected chi connectivity index (χ0v) is 5.77. The van der Waals surface area contributed by atoms with Gasteiger partial charge in [-0.1, -0.05) is 0 Å². The normalized spacial score (nSPS) is 14.5. The van der Waals surface area contributed by atoms with Crippen molar-refractivity contribution >= 4 is 5.97 Å². The Hall–Kier alpha value is -0.780. The summed E-state index contributed by atoms with van der Waals surface area (Å²) in [4.78, 5) is 9.99. The number of carbonyl (C=O) groups is 1. The largest absolute Gasteiger partial charge is 0.480 e. The Morgan fingerprint density at radius 3 is 2.36 bits per heavy atom. The molecule has 0 aliphatic rings. The van der Waals surface area contributed by atoms with Crippen LogP contribution in [-0.4, -0.2) is 29.8 Å². The van der Waals surface area contributed by atoms with Crippen LogP contribution in [0.5, 0.6) is 0 Å². The van der Waals surface area contributed by atoms with Crippen LogP contribution in [0.25, 0.3) is 0 Å². The van der Waals surface area contributed by atoms with E-state index in [2.05, 4.69) is 0 Å². The number of hydrogen-bond donors (Lipinski definition) is 2. The van der Waals surface area contributed by atoms with E-state index >= 15 is 0 Å². The van der Waals surface area contributed by atoms with Crippen molar-refractivity contribution in [3.63, 3.8) is 0 Å². The van der Waals surface area contributed by atoms with Gasteiger partial charge in [-0.05, 0) is 6.92 Å². The smallest absolute Gasteiger partial charge is 0.401 e. The predicted octanol–water partition coefficient (Wildman–Crippen LogP) is 0.611. The monoisotopic (exact) mass is 171 g/mol. The molecule has 0 heterocycles. The molecule has 0 saturated heterocycles. The van der Waals surface area contributed by atoms with Gasteiger partial charge in [0.05, 0.1) is 6.54 Å². The topological polar surface area (TPSA) is 49.3 Å². The highest BCUT2D eigenvalue weighted by molar-refractivity contribution is 5.72. The SMILES string of the molecule is C[C@@H](NCC(F)(F)F)C(=O)O. The maximum Gasteiger partial charge on any atom is 0.401 e. The second-order valence-electron chi connectivity index (χ2n) is 2.06. The highest BCUT2D eigenvalue weighted by Gasteiger charge is 2.28. The first kappa shape index (κ1) is 10.2. The van der Waals surface area contributed by atoms with Crippen molar-refractivity contribution in [2.24, 2.45) is 0 Å². The van der Waals surface area contributed by atoms with E-state index in [1.807, 2.05) is 0 Å². The van der Waals surface area contributed by atoms with Crippen molar-refractivity contribution in [3.05, 3.63) is 0 Å². The fourth-order valence-corrected chi connectivity index (χ4v) is 0.356. The van der Waals surface area contributed by atoms with E-state index in [0.717, 1.165) is 6.92 Å². The summed E-state index contributed by atoms with van der Waals surface area (Å²) in [6, 6.07) is -1.17. The van der Waals surface area contributed by atoms with Crippen molar-refractivity contribution in [3.8, 4) is 0 Å². The lowest BCUT2D eigenvalue weighted by Crippen LogP contribution is -2.39. The lowest BCUT2D eigenvalue weighted by atomic mass is 10.3. The summed E-state index contributed by atoms with van der Waals surface area (Å²) in [6.07, 6.45) is -4.36. The van der Waals surface area contributed by atoms with Crippen LogP contribution in [0.1, 0.15) is 6.92 Å². The maximum atomic E-state index is 11.4. The number of hydrogen-bond acceptors (Lipinski definition) is 2. The van der Waals surface area contributed by atoms with Crippen LogP contribution < -0.4 is 5.32 Å². The molecule has 0 bridgehead atoms. The summed E-state index contributed by atoms with van der Waals surface area (Å²) in [5, 5.41) is 9.95. The van der Waals surface area contributed by atoms with E-state index < -0.39 is 24.7 Å². The van der Waals surface area contributed by atoms with Gasteiger partial charge in [0, 0.05) is 0 Å². The zero-order valence-electron chi connectivity index (χ0n) is 5.77. The lowest BCUT2D eigenvalue weighted by molar-refractivity contribution is -0.142. The fraction of sp³-hybridized carbons (Fsp3) is 0.800. The summed E-state index contributed by atoms with van der Waals surface area (Å²) in [7, 11) is 0. The Morgan fingerprint density at radius 1 is 1.64 bits per heavy atom. The number of aliphatic carboxylic acids is 1. The molecule has 0 aliphatic carbocycles. The Morgan fingerprint density at radius 2 is 2.09 bits per heavy atom. The average molecular weight is 171 g/mol. The van der Waals surface area contributed by atoms with Gasteiger partial charge in [-0.2, -0.15) is 13.2 Å². The molecule has 11 heavy (non-hydrogen) atoms. The highest BCUT2D eigenvalue weighted by atomic mass is 19.4. The van der Waals surface area contributed by atoms with Gasteiger partial charge in [0.1, 0.15) is 6.04 Å². The fourth-order valence-electron chi connectivity index (χ4n) is 0.356. The van der Waals surface area contributed by atoms with Crippen molar-refractivity contribution in [2.75, 3.05) is 6.54 Å². The number of carboxylic acid groups (broad SMARTS) is 1. The Kier molecular flexibility index (Phi) is 3.31. The molecule has 0 aromatic carbocycles. The summed E-state index contributed by atoms with van der Waals surface area (Å²) < 4.78 is 34.3.